The molecule has 3 rings (SSSR count). The van der Waals surface area contributed by atoms with Crippen molar-refractivity contribution in [2.24, 2.45) is 0 Å². The number of carboxylic acids is 1. The number of benzene rings is 2. The van der Waals surface area contributed by atoms with Crippen LogP contribution in [0.3, 0.4) is 0 Å². The number of amides is 1. The van der Waals surface area contributed by atoms with E-state index in [1.807, 2.05) is 0 Å². The Balaban J connectivity index is 1.79. The first-order valence-electron chi connectivity index (χ1n) is 7.86. The highest BCUT2D eigenvalue weighted by atomic mass is 19.1. The topological polar surface area (TPSA) is 79.3 Å². The zero-order valence-corrected chi connectivity index (χ0v) is 13.6. The lowest BCUT2D eigenvalue weighted by Crippen LogP contribution is -2.14. The molecule has 0 aliphatic carbocycles. The van der Waals surface area contributed by atoms with Crippen LogP contribution in [0.15, 0.2) is 66.7 Å². The zero-order chi connectivity index (χ0) is 18.5. The third-order valence-electron chi connectivity index (χ3n) is 3.66. The molecule has 0 saturated heterocycles. The Labute approximate surface area is 149 Å². The predicted molar refractivity (Wildman–Crippen MR) is 95.4 cm³/mol. The van der Waals surface area contributed by atoms with Gasteiger partial charge in [0.1, 0.15) is 11.5 Å². The van der Waals surface area contributed by atoms with E-state index in [0.717, 1.165) is 0 Å². The van der Waals surface area contributed by atoms with Crippen LogP contribution in [0.4, 0.5) is 10.1 Å². The van der Waals surface area contributed by atoms with E-state index in [0.29, 0.717) is 22.5 Å². The van der Waals surface area contributed by atoms with Crippen molar-refractivity contribution in [2.75, 3.05) is 5.32 Å². The Morgan fingerprint density at radius 3 is 2.46 bits per heavy atom. The molecule has 0 spiro atoms. The van der Waals surface area contributed by atoms with Crippen molar-refractivity contribution in [3.8, 4) is 11.3 Å². The van der Waals surface area contributed by atoms with Crippen molar-refractivity contribution in [1.82, 2.24) is 4.98 Å². The molecule has 0 unspecified atom stereocenters. The first kappa shape index (κ1) is 17.3. The van der Waals surface area contributed by atoms with Crippen molar-refractivity contribution in [3.05, 3.63) is 83.8 Å². The van der Waals surface area contributed by atoms with Gasteiger partial charge in [-0.3, -0.25) is 9.59 Å². The predicted octanol–water partition coefficient (Wildman–Crippen LogP) is 3.77. The lowest BCUT2D eigenvalue weighted by Gasteiger charge is -2.08. The van der Waals surface area contributed by atoms with Gasteiger partial charge < -0.3 is 10.4 Å². The Hall–Kier alpha value is -3.54. The monoisotopic (exact) mass is 350 g/mol. The number of anilines is 1. The summed E-state index contributed by atoms with van der Waals surface area (Å²) in [4.78, 5) is 27.5. The third-order valence-corrected chi connectivity index (χ3v) is 3.66. The normalized spacial score (nSPS) is 10.3. The number of aromatic nitrogens is 1. The Morgan fingerprint density at radius 1 is 1.00 bits per heavy atom. The molecule has 0 aliphatic heterocycles. The smallest absolute Gasteiger partial charge is 0.307 e. The van der Waals surface area contributed by atoms with Crippen molar-refractivity contribution in [1.29, 1.82) is 0 Å². The molecule has 6 heteroatoms. The SMILES string of the molecule is O=C(O)Cc1cccc(NC(=O)c2cccc(-c3ccc(F)cc3)n2)c1. The van der Waals surface area contributed by atoms with Crippen LogP contribution in [0.5, 0.6) is 0 Å². The summed E-state index contributed by atoms with van der Waals surface area (Å²) in [5.41, 5.74) is 2.53. The van der Waals surface area contributed by atoms with Crippen molar-refractivity contribution in [2.45, 2.75) is 6.42 Å². The Kier molecular flexibility index (Phi) is 5.03. The van der Waals surface area contributed by atoms with Gasteiger partial charge >= 0.3 is 5.97 Å². The summed E-state index contributed by atoms with van der Waals surface area (Å²) in [6, 6.07) is 17.5. The molecule has 0 bridgehead atoms. The maximum Gasteiger partial charge on any atom is 0.307 e. The van der Waals surface area contributed by atoms with Gasteiger partial charge in [0.05, 0.1) is 12.1 Å². The molecule has 130 valence electrons. The van der Waals surface area contributed by atoms with Crippen molar-refractivity contribution < 1.29 is 19.1 Å². The highest BCUT2D eigenvalue weighted by Crippen LogP contribution is 2.18. The molecule has 5 nitrogen and oxygen atoms in total. The largest absolute Gasteiger partial charge is 0.481 e. The first-order valence-corrected chi connectivity index (χ1v) is 7.86. The number of carboxylic acid groups (broad SMARTS) is 1. The van der Waals surface area contributed by atoms with Crippen molar-refractivity contribution in [3.63, 3.8) is 0 Å². The average Bonchev–Trinajstić information content (AvgIpc) is 2.62. The van der Waals surface area contributed by atoms with E-state index >= 15 is 0 Å². The number of nitrogens with one attached hydrogen (secondary N) is 1. The molecule has 1 heterocycles. The highest BCUT2D eigenvalue weighted by Gasteiger charge is 2.10. The summed E-state index contributed by atoms with van der Waals surface area (Å²) in [6.45, 7) is 0. The van der Waals surface area contributed by atoms with Crippen LogP contribution >= 0.6 is 0 Å². The van der Waals surface area contributed by atoms with Gasteiger partial charge in [-0.15, -0.1) is 0 Å². The molecule has 1 aromatic heterocycles. The molecule has 0 saturated carbocycles. The fourth-order valence-corrected chi connectivity index (χ4v) is 2.47. The number of pyridine rings is 1. The minimum absolute atomic E-state index is 0.123. The minimum atomic E-state index is -0.942. The fourth-order valence-electron chi connectivity index (χ4n) is 2.47. The number of aliphatic carboxylic acids is 1. The summed E-state index contributed by atoms with van der Waals surface area (Å²) in [6.07, 6.45) is -0.123. The van der Waals surface area contributed by atoms with E-state index in [-0.39, 0.29) is 17.9 Å². The van der Waals surface area contributed by atoms with Crippen LogP contribution in [0, 0.1) is 5.82 Å². The average molecular weight is 350 g/mol. The van der Waals surface area contributed by atoms with E-state index in [1.165, 1.54) is 12.1 Å². The lowest BCUT2D eigenvalue weighted by atomic mass is 10.1. The van der Waals surface area contributed by atoms with E-state index in [9.17, 15) is 14.0 Å². The number of nitrogens with zero attached hydrogens (tertiary/aromatic N) is 1. The maximum absolute atomic E-state index is 13.0. The number of hydrogen-bond acceptors (Lipinski definition) is 3. The number of hydrogen-bond donors (Lipinski definition) is 2. The van der Waals surface area contributed by atoms with Gasteiger partial charge in [-0.1, -0.05) is 18.2 Å². The van der Waals surface area contributed by atoms with Crippen LogP contribution in [0.2, 0.25) is 0 Å². The van der Waals surface area contributed by atoms with Gasteiger partial charge in [0.2, 0.25) is 0 Å². The van der Waals surface area contributed by atoms with Crippen LogP contribution in [0.25, 0.3) is 11.3 Å². The maximum atomic E-state index is 13.0. The van der Waals surface area contributed by atoms with E-state index in [4.69, 9.17) is 5.11 Å². The lowest BCUT2D eigenvalue weighted by molar-refractivity contribution is -0.136. The Bertz CT molecular complexity index is 955. The molecule has 2 aromatic carbocycles. The summed E-state index contributed by atoms with van der Waals surface area (Å²) in [7, 11) is 0. The summed E-state index contributed by atoms with van der Waals surface area (Å²) < 4.78 is 13.0. The fraction of sp³-hybridized carbons (Fsp3) is 0.0500. The molecule has 3 aromatic rings. The molecule has 0 atom stereocenters. The van der Waals surface area contributed by atoms with Crippen LogP contribution < -0.4 is 5.32 Å². The third kappa shape index (κ3) is 4.30. The number of halogens is 1. The number of carbonyl (C=O) groups is 2. The zero-order valence-electron chi connectivity index (χ0n) is 13.6. The number of carbonyl (C=O) groups excluding carboxylic acids is 1. The van der Waals surface area contributed by atoms with Gasteiger partial charge in [0.15, 0.2) is 0 Å². The van der Waals surface area contributed by atoms with Gasteiger partial charge in [0.25, 0.3) is 5.91 Å². The van der Waals surface area contributed by atoms with E-state index < -0.39 is 11.9 Å². The second kappa shape index (κ2) is 7.57. The van der Waals surface area contributed by atoms with Crippen molar-refractivity contribution >= 4 is 17.6 Å². The molecule has 0 aliphatic rings. The van der Waals surface area contributed by atoms with Crippen LogP contribution in [0.1, 0.15) is 16.1 Å². The van der Waals surface area contributed by atoms with Crippen LogP contribution in [-0.2, 0) is 11.2 Å². The highest BCUT2D eigenvalue weighted by molar-refractivity contribution is 6.03. The molecule has 26 heavy (non-hydrogen) atoms. The Morgan fingerprint density at radius 2 is 1.73 bits per heavy atom. The van der Waals surface area contributed by atoms with Crippen LogP contribution in [-0.4, -0.2) is 22.0 Å². The quantitative estimate of drug-likeness (QED) is 0.734. The number of rotatable bonds is 5. The summed E-state index contributed by atoms with van der Waals surface area (Å²) in [5, 5.41) is 11.6. The molecule has 2 N–H and O–H groups in total. The van der Waals surface area contributed by atoms with Gasteiger partial charge in [-0.25, -0.2) is 9.37 Å². The standard InChI is InChI=1S/C20H15FN2O3/c21-15-9-7-14(8-10-15)17-5-2-6-18(23-17)20(26)22-16-4-1-3-13(11-16)12-19(24)25/h1-11H,12H2,(H,22,26)(H,24,25). The molecule has 0 radical (unpaired) electrons. The second-order valence-corrected chi connectivity index (χ2v) is 5.64. The van der Waals surface area contributed by atoms with E-state index in [2.05, 4.69) is 10.3 Å². The van der Waals surface area contributed by atoms with Gasteiger partial charge in [-0.2, -0.15) is 0 Å². The first-order chi connectivity index (χ1) is 12.5. The second-order valence-electron chi connectivity index (χ2n) is 5.64. The molecular weight excluding hydrogens is 335 g/mol. The van der Waals surface area contributed by atoms with Gasteiger partial charge in [-0.05, 0) is 54.1 Å². The molecular formula is C20H15FN2O3. The molecule has 1 amide bonds. The summed E-state index contributed by atoms with van der Waals surface area (Å²) >= 11 is 0. The summed E-state index contributed by atoms with van der Waals surface area (Å²) in [5.74, 6) is -1.70. The minimum Gasteiger partial charge on any atom is -0.481 e. The van der Waals surface area contributed by atoms with Gasteiger partial charge in [0, 0.05) is 11.3 Å². The molecule has 0 fully saturated rings. The van der Waals surface area contributed by atoms with E-state index in [1.54, 1.807) is 54.6 Å².